The maximum atomic E-state index is 5.46. The van der Waals surface area contributed by atoms with Gasteiger partial charge in [-0.25, -0.2) is 0 Å². The molecule has 0 radical (unpaired) electrons. The first-order valence-electron chi connectivity index (χ1n) is 8.28. The molecule has 0 atom stereocenters. The zero-order chi connectivity index (χ0) is 16.3. The van der Waals surface area contributed by atoms with Gasteiger partial charge in [-0.2, -0.15) is 11.8 Å². The first kappa shape index (κ1) is 18.1. The van der Waals surface area contributed by atoms with Gasteiger partial charge < -0.3 is 15.4 Å². The number of hydrogen-bond donors (Lipinski definition) is 2. The van der Waals surface area contributed by atoms with Gasteiger partial charge in [-0.1, -0.05) is 31.9 Å². The summed E-state index contributed by atoms with van der Waals surface area (Å²) in [5.74, 6) is 1.94. The summed E-state index contributed by atoms with van der Waals surface area (Å²) in [5, 5.41) is 8.01. The molecular formula is C18H26N2OS2. The fourth-order valence-corrected chi connectivity index (χ4v) is 4.03. The highest BCUT2D eigenvalue weighted by Crippen LogP contribution is 2.27. The Balaban J connectivity index is 1.61. The molecule has 1 aromatic rings. The number of ether oxygens (including phenoxy) is 1. The zero-order valence-corrected chi connectivity index (χ0v) is 15.2. The van der Waals surface area contributed by atoms with Gasteiger partial charge in [0.25, 0.3) is 0 Å². The smallest absolute Gasteiger partial charge is 0.170 e. The quantitative estimate of drug-likeness (QED) is 0.407. The maximum absolute atomic E-state index is 5.46. The Morgan fingerprint density at radius 2 is 2.00 bits per heavy atom. The Morgan fingerprint density at radius 1 is 1.26 bits per heavy atom. The van der Waals surface area contributed by atoms with Crippen molar-refractivity contribution in [2.75, 3.05) is 24.2 Å². The monoisotopic (exact) mass is 350 g/mol. The molecule has 1 aliphatic carbocycles. The summed E-state index contributed by atoms with van der Waals surface area (Å²) >= 11 is 7.41. The van der Waals surface area contributed by atoms with E-state index >= 15 is 0 Å². The molecule has 2 N–H and O–H groups in total. The minimum Gasteiger partial charge on any atom is -0.490 e. The van der Waals surface area contributed by atoms with E-state index in [-0.39, 0.29) is 0 Å². The average Bonchev–Trinajstić information content (AvgIpc) is 2.59. The summed E-state index contributed by atoms with van der Waals surface area (Å²) in [7, 11) is 0. The Labute approximate surface area is 149 Å². The molecule has 5 heteroatoms. The van der Waals surface area contributed by atoms with Crippen molar-refractivity contribution < 1.29 is 4.74 Å². The van der Waals surface area contributed by atoms with E-state index in [1.54, 1.807) is 6.08 Å². The van der Waals surface area contributed by atoms with Gasteiger partial charge in [-0.15, -0.1) is 0 Å². The van der Waals surface area contributed by atoms with Gasteiger partial charge in [0.05, 0.1) is 0 Å². The molecule has 0 spiro atoms. The molecule has 1 fully saturated rings. The van der Waals surface area contributed by atoms with Crippen LogP contribution in [-0.4, -0.2) is 29.3 Å². The molecule has 3 nitrogen and oxygen atoms in total. The zero-order valence-electron chi connectivity index (χ0n) is 13.6. The second-order valence-corrected chi connectivity index (χ2v) is 7.45. The van der Waals surface area contributed by atoms with Crippen LogP contribution in [0.25, 0.3) is 0 Å². The van der Waals surface area contributed by atoms with Crippen LogP contribution in [0.5, 0.6) is 5.75 Å². The lowest BCUT2D eigenvalue weighted by atomic mass is 10.0. The lowest BCUT2D eigenvalue weighted by Gasteiger charge is -2.21. The first-order valence-corrected chi connectivity index (χ1v) is 9.74. The molecule has 126 valence electrons. The summed E-state index contributed by atoms with van der Waals surface area (Å²) < 4.78 is 5.46. The lowest BCUT2D eigenvalue weighted by molar-refractivity contribution is 0.363. The van der Waals surface area contributed by atoms with E-state index in [0.717, 1.165) is 29.0 Å². The molecule has 0 saturated heterocycles. The number of thioether (sulfide) groups is 1. The van der Waals surface area contributed by atoms with Gasteiger partial charge in [-0.3, -0.25) is 0 Å². The van der Waals surface area contributed by atoms with E-state index in [0.29, 0.717) is 11.7 Å². The largest absolute Gasteiger partial charge is 0.490 e. The van der Waals surface area contributed by atoms with E-state index < -0.39 is 0 Å². The standard InChI is InChI=1S/C18H26N2OS2/c1-2-13-21-16-10-8-15(9-11-16)20-18(22)19-12-14-23-17-6-4-3-5-7-17/h2,8-11,17H,1,3-7,12-14H2,(H2,19,20,22). The Hall–Kier alpha value is -1.20. The molecule has 0 amide bonds. The normalized spacial score (nSPS) is 15.0. The molecule has 0 aromatic heterocycles. The highest BCUT2D eigenvalue weighted by molar-refractivity contribution is 7.99. The van der Waals surface area contributed by atoms with E-state index in [1.165, 1.54) is 32.1 Å². The molecular weight excluding hydrogens is 324 g/mol. The van der Waals surface area contributed by atoms with Crippen LogP contribution in [0.4, 0.5) is 5.69 Å². The molecule has 0 heterocycles. The van der Waals surface area contributed by atoms with Crippen LogP contribution in [0.3, 0.4) is 0 Å². The molecule has 0 bridgehead atoms. The van der Waals surface area contributed by atoms with Gasteiger partial charge in [0.1, 0.15) is 12.4 Å². The third-order valence-corrected chi connectivity index (χ3v) is 5.40. The summed E-state index contributed by atoms with van der Waals surface area (Å²) in [6.45, 7) is 5.06. The summed E-state index contributed by atoms with van der Waals surface area (Å²) in [4.78, 5) is 0. The van der Waals surface area contributed by atoms with Crippen LogP contribution in [-0.2, 0) is 0 Å². The fraction of sp³-hybridized carbons (Fsp3) is 0.500. The number of thiocarbonyl (C=S) groups is 1. The second-order valence-electron chi connectivity index (χ2n) is 5.64. The molecule has 1 aliphatic rings. The van der Waals surface area contributed by atoms with Crippen molar-refractivity contribution in [2.45, 2.75) is 37.4 Å². The maximum Gasteiger partial charge on any atom is 0.170 e. The minimum absolute atomic E-state index is 0.519. The van der Waals surface area contributed by atoms with E-state index in [2.05, 4.69) is 29.0 Å². The van der Waals surface area contributed by atoms with Crippen molar-refractivity contribution in [1.29, 1.82) is 0 Å². The summed E-state index contributed by atoms with van der Waals surface area (Å²) in [6, 6.07) is 7.77. The summed E-state index contributed by atoms with van der Waals surface area (Å²) in [6.07, 6.45) is 8.72. The molecule has 23 heavy (non-hydrogen) atoms. The van der Waals surface area contributed by atoms with Crippen LogP contribution in [0.2, 0.25) is 0 Å². The van der Waals surface area contributed by atoms with Gasteiger partial charge >= 0.3 is 0 Å². The number of nitrogens with one attached hydrogen (secondary N) is 2. The Kier molecular flexibility index (Phi) is 8.32. The third kappa shape index (κ3) is 7.27. The number of rotatable bonds is 8. The van der Waals surface area contributed by atoms with Gasteiger partial charge in [0.2, 0.25) is 0 Å². The van der Waals surface area contributed by atoms with Gasteiger partial charge in [-0.05, 0) is 49.3 Å². The summed E-state index contributed by atoms with van der Waals surface area (Å²) in [5.41, 5.74) is 0.966. The third-order valence-electron chi connectivity index (χ3n) is 3.77. The van der Waals surface area contributed by atoms with Crippen molar-refractivity contribution in [1.82, 2.24) is 5.32 Å². The van der Waals surface area contributed by atoms with Crippen molar-refractivity contribution in [2.24, 2.45) is 0 Å². The van der Waals surface area contributed by atoms with Crippen molar-refractivity contribution in [3.05, 3.63) is 36.9 Å². The highest BCUT2D eigenvalue weighted by atomic mass is 32.2. The van der Waals surface area contributed by atoms with E-state index in [9.17, 15) is 0 Å². The van der Waals surface area contributed by atoms with Crippen LogP contribution in [0.1, 0.15) is 32.1 Å². The van der Waals surface area contributed by atoms with Crippen LogP contribution < -0.4 is 15.4 Å². The molecule has 1 saturated carbocycles. The molecule has 2 rings (SSSR count). The number of anilines is 1. The van der Waals surface area contributed by atoms with Crippen molar-refractivity contribution in [3.63, 3.8) is 0 Å². The fourth-order valence-electron chi connectivity index (χ4n) is 2.59. The average molecular weight is 351 g/mol. The number of benzene rings is 1. The highest BCUT2D eigenvalue weighted by Gasteiger charge is 2.12. The minimum atomic E-state index is 0.519. The molecule has 0 aliphatic heterocycles. The second kappa shape index (κ2) is 10.6. The van der Waals surface area contributed by atoms with Crippen LogP contribution in [0, 0.1) is 0 Å². The molecule has 1 aromatic carbocycles. The van der Waals surface area contributed by atoms with Crippen molar-refractivity contribution in [3.8, 4) is 5.75 Å². The van der Waals surface area contributed by atoms with Crippen molar-refractivity contribution >= 4 is 34.8 Å². The van der Waals surface area contributed by atoms with Crippen LogP contribution >= 0.6 is 24.0 Å². The predicted octanol–water partition coefficient (Wildman–Crippen LogP) is 4.60. The number of hydrogen-bond acceptors (Lipinski definition) is 3. The Morgan fingerprint density at radius 3 is 2.70 bits per heavy atom. The Bertz CT molecular complexity index is 484. The SMILES string of the molecule is C=CCOc1ccc(NC(=S)NCCSC2CCCCC2)cc1. The topological polar surface area (TPSA) is 33.3 Å². The lowest BCUT2D eigenvalue weighted by Crippen LogP contribution is -2.30. The van der Waals surface area contributed by atoms with Gasteiger partial charge in [0, 0.05) is 23.2 Å². The van der Waals surface area contributed by atoms with E-state index in [4.69, 9.17) is 17.0 Å². The van der Waals surface area contributed by atoms with Gasteiger partial charge in [0.15, 0.2) is 5.11 Å². The predicted molar refractivity (Wildman–Crippen MR) is 106 cm³/mol. The first-order chi connectivity index (χ1) is 11.3. The van der Waals surface area contributed by atoms with E-state index in [1.807, 2.05) is 24.3 Å². The van der Waals surface area contributed by atoms with Crippen LogP contribution in [0.15, 0.2) is 36.9 Å². The molecule has 0 unspecified atom stereocenters.